The van der Waals surface area contributed by atoms with Gasteiger partial charge in [0.1, 0.15) is 6.61 Å². The Balaban J connectivity index is 1.43. The molecule has 1 N–H and O–H groups in total. The van der Waals surface area contributed by atoms with Crippen LogP contribution < -0.4 is 9.47 Å². The van der Waals surface area contributed by atoms with Crippen molar-refractivity contribution in [3.8, 4) is 17.2 Å². The summed E-state index contributed by atoms with van der Waals surface area (Å²) in [5.74, 6) is -0.263. The Bertz CT molecular complexity index is 779. The van der Waals surface area contributed by atoms with Crippen LogP contribution in [0.5, 0.6) is 17.2 Å². The molecule has 0 saturated carbocycles. The Labute approximate surface area is 171 Å². The van der Waals surface area contributed by atoms with E-state index in [1.165, 1.54) is 31.9 Å². The van der Waals surface area contributed by atoms with Gasteiger partial charge in [-0.2, -0.15) is 0 Å². The number of methoxy groups -OCH3 is 2. The highest BCUT2D eigenvalue weighted by molar-refractivity contribution is 5.91. The summed E-state index contributed by atoms with van der Waals surface area (Å²) >= 11 is 0. The fraction of sp³-hybridized carbons (Fsp3) is 0.409. The molecule has 0 atom stereocenters. The molecule has 1 heterocycles. The Hall–Kier alpha value is -2.77. The summed E-state index contributed by atoms with van der Waals surface area (Å²) in [6, 6.07) is 13.4. The number of carbonyl (C=O) groups is 1. The molecule has 0 amide bonds. The van der Waals surface area contributed by atoms with Crippen molar-refractivity contribution in [1.82, 2.24) is 9.80 Å². The first-order valence-electron chi connectivity index (χ1n) is 9.71. The lowest BCUT2D eigenvalue weighted by molar-refractivity contribution is 0.0418. The largest absolute Gasteiger partial charge is 0.502 e. The van der Waals surface area contributed by atoms with E-state index in [1.54, 1.807) is 0 Å². The molecule has 0 unspecified atom stereocenters. The van der Waals surface area contributed by atoms with Gasteiger partial charge < -0.3 is 19.3 Å². The summed E-state index contributed by atoms with van der Waals surface area (Å²) in [5.41, 5.74) is 1.61. The predicted octanol–water partition coefficient (Wildman–Crippen LogP) is 2.38. The second kappa shape index (κ2) is 10.1. The molecule has 29 heavy (non-hydrogen) atoms. The van der Waals surface area contributed by atoms with Gasteiger partial charge in [0.05, 0.1) is 19.8 Å². The highest BCUT2D eigenvalue weighted by atomic mass is 16.5. The third-order valence-corrected chi connectivity index (χ3v) is 5.07. The molecule has 0 aromatic heterocycles. The Kier molecular flexibility index (Phi) is 7.32. The minimum atomic E-state index is -0.468. The molecular formula is C22H28N2O5. The van der Waals surface area contributed by atoms with E-state index in [0.29, 0.717) is 13.2 Å². The molecule has 1 aliphatic heterocycles. The fourth-order valence-electron chi connectivity index (χ4n) is 3.37. The smallest absolute Gasteiger partial charge is 0.338 e. The number of benzene rings is 2. The summed E-state index contributed by atoms with van der Waals surface area (Å²) in [6.07, 6.45) is 0. The van der Waals surface area contributed by atoms with Crippen molar-refractivity contribution in [3.63, 3.8) is 0 Å². The SMILES string of the molecule is COc1cc(C(=O)OCCN2CCN(Cc3ccccc3)CC2)cc(OC)c1O. The number of ether oxygens (including phenoxy) is 3. The summed E-state index contributed by atoms with van der Waals surface area (Å²) < 4.78 is 15.6. The van der Waals surface area contributed by atoms with Crippen molar-refractivity contribution in [3.05, 3.63) is 53.6 Å². The third-order valence-electron chi connectivity index (χ3n) is 5.07. The average Bonchev–Trinajstić information content (AvgIpc) is 2.75. The van der Waals surface area contributed by atoms with Crippen LogP contribution in [0.25, 0.3) is 0 Å². The minimum absolute atomic E-state index is 0.139. The topological polar surface area (TPSA) is 71.5 Å². The fourth-order valence-corrected chi connectivity index (χ4v) is 3.37. The molecule has 0 bridgehead atoms. The van der Waals surface area contributed by atoms with Gasteiger partial charge in [0, 0.05) is 39.3 Å². The predicted molar refractivity (Wildman–Crippen MR) is 110 cm³/mol. The Morgan fingerprint density at radius 3 is 2.14 bits per heavy atom. The zero-order chi connectivity index (χ0) is 20.6. The quantitative estimate of drug-likeness (QED) is 0.682. The van der Waals surface area contributed by atoms with E-state index >= 15 is 0 Å². The van der Waals surface area contributed by atoms with Crippen LogP contribution in [0.15, 0.2) is 42.5 Å². The standard InChI is InChI=1S/C22H28N2O5/c1-27-19-14-18(15-20(28-2)21(19)25)22(26)29-13-12-23-8-10-24(11-9-23)16-17-6-4-3-5-7-17/h3-7,14-15,25H,8-13,16H2,1-2H3. The number of phenolic OH excluding ortho intramolecular Hbond substituents is 1. The number of esters is 1. The number of nitrogens with zero attached hydrogens (tertiary/aromatic N) is 2. The zero-order valence-electron chi connectivity index (χ0n) is 17.0. The van der Waals surface area contributed by atoms with E-state index in [2.05, 4.69) is 34.1 Å². The lowest BCUT2D eigenvalue weighted by Crippen LogP contribution is -2.46. The van der Waals surface area contributed by atoms with Gasteiger partial charge in [-0.3, -0.25) is 9.80 Å². The maximum absolute atomic E-state index is 12.3. The van der Waals surface area contributed by atoms with Crippen LogP contribution in [0.1, 0.15) is 15.9 Å². The van der Waals surface area contributed by atoms with Crippen LogP contribution in [0.2, 0.25) is 0 Å². The number of aromatic hydroxyl groups is 1. The Morgan fingerprint density at radius 1 is 0.966 bits per heavy atom. The lowest BCUT2D eigenvalue weighted by atomic mass is 10.2. The highest BCUT2D eigenvalue weighted by Gasteiger charge is 2.19. The van der Waals surface area contributed by atoms with Crippen molar-refractivity contribution >= 4 is 5.97 Å². The van der Waals surface area contributed by atoms with Crippen LogP contribution in [0, 0.1) is 0 Å². The van der Waals surface area contributed by atoms with Gasteiger partial charge >= 0.3 is 5.97 Å². The molecule has 1 fully saturated rings. The molecule has 0 spiro atoms. The summed E-state index contributed by atoms with van der Waals surface area (Å²) in [5, 5.41) is 9.94. The van der Waals surface area contributed by atoms with Crippen LogP contribution in [0.4, 0.5) is 0 Å². The van der Waals surface area contributed by atoms with Gasteiger partial charge in [-0.05, 0) is 17.7 Å². The maximum atomic E-state index is 12.3. The molecule has 3 rings (SSSR count). The van der Waals surface area contributed by atoms with Crippen molar-refractivity contribution < 1.29 is 24.1 Å². The maximum Gasteiger partial charge on any atom is 0.338 e. The molecule has 1 saturated heterocycles. The highest BCUT2D eigenvalue weighted by Crippen LogP contribution is 2.37. The van der Waals surface area contributed by atoms with Gasteiger partial charge in [-0.15, -0.1) is 0 Å². The van der Waals surface area contributed by atoms with Crippen LogP contribution >= 0.6 is 0 Å². The molecule has 7 heteroatoms. The first kappa shape index (κ1) is 21.0. The molecule has 1 aliphatic rings. The number of hydrogen-bond acceptors (Lipinski definition) is 7. The van der Waals surface area contributed by atoms with E-state index < -0.39 is 5.97 Å². The normalized spacial score (nSPS) is 15.1. The molecule has 2 aromatic rings. The van der Waals surface area contributed by atoms with Crippen LogP contribution in [-0.4, -0.2) is 74.4 Å². The van der Waals surface area contributed by atoms with Gasteiger partial charge in [0.15, 0.2) is 11.5 Å². The molecule has 2 aromatic carbocycles. The van der Waals surface area contributed by atoms with Gasteiger partial charge in [0.25, 0.3) is 0 Å². The van der Waals surface area contributed by atoms with Gasteiger partial charge in [-0.25, -0.2) is 4.79 Å². The summed E-state index contributed by atoms with van der Waals surface area (Å²) in [7, 11) is 2.84. The van der Waals surface area contributed by atoms with E-state index in [1.807, 2.05) is 6.07 Å². The number of hydrogen-bond donors (Lipinski definition) is 1. The van der Waals surface area contributed by atoms with Crippen LogP contribution in [0.3, 0.4) is 0 Å². The van der Waals surface area contributed by atoms with Gasteiger partial charge in [0.2, 0.25) is 5.75 Å². The van der Waals surface area contributed by atoms with E-state index in [-0.39, 0.29) is 22.8 Å². The monoisotopic (exact) mass is 400 g/mol. The molecular weight excluding hydrogens is 372 g/mol. The second-order valence-electron chi connectivity index (χ2n) is 6.97. The first-order valence-corrected chi connectivity index (χ1v) is 9.71. The number of rotatable bonds is 8. The van der Waals surface area contributed by atoms with E-state index in [9.17, 15) is 9.90 Å². The zero-order valence-corrected chi connectivity index (χ0v) is 17.0. The number of piperazine rings is 1. The third kappa shape index (κ3) is 5.62. The lowest BCUT2D eigenvalue weighted by Gasteiger charge is -2.34. The number of phenols is 1. The van der Waals surface area contributed by atoms with Crippen molar-refractivity contribution in [2.45, 2.75) is 6.54 Å². The minimum Gasteiger partial charge on any atom is -0.502 e. The molecule has 0 radical (unpaired) electrons. The number of carbonyl (C=O) groups excluding carboxylic acids is 1. The van der Waals surface area contributed by atoms with Crippen molar-refractivity contribution in [2.24, 2.45) is 0 Å². The summed E-state index contributed by atoms with van der Waals surface area (Å²) in [4.78, 5) is 17.1. The first-order chi connectivity index (χ1) is 14.1. The molecule has 156 valence electrons. The van der Waals surface area contributed by atoms with Crippen molar-refractivity contribution in [1.29, 1.82) is 0 Å². The molecule has 7 nitrogen and oxygen atoms in total. The van der Waals surface area contributed by atoms with Gasteiger partial charge in [-0.1, -0.05) is 30.3 Å². The average molecular weight is 400 g/mol. The van der Waals surface area contributed by atoms with E-state index in [4.69, 9.17) is 14.2 Å². The van der Waals surface area contributed by atoms with Crippen molar-refractivity contribution in [2.75, 3.05) is 53.6 Å². The molecule has 0 aliphatic carbocycles. The van der Waals surface area contributed by atoms with Crippen LogP contribution in [-0.2, 0) is 11.3 Å². The summed E-state index contributed by atoms with van der Waals surface area (Å²) in [6.45, 7) is 5.86. The Morgan fingerprint density at radius 2 is 1.55 bits per heavy atom. The van der Waals surface area contributed by atoms with E-state index in [0.717, 1.165) is 32.7 Å². The second-order valence-corrected chi connectivity index (χ2v) is 6.97.